The van der Waals surface area contributed by atoms with Crippen LogP contribution in [0.15, 0.2) is 53.4 Å². The van der Waals surface area contributed by atoms with Gasteiger partial charge in [-0.3, -0.25) is 4.79 Å². The van der Waals surface area contributed by atoms with Crippen LogP contribution >= 0.6 is 0 Å². The first kappa shape index (κ1) is 20.9. The Kier molecular flexibility index (Phi) is 5.88. The van der Waals surface area contributed by atoms with Gasteiger partial charge in [0.25, 0.3) is 5.91 Å². The highest BCUT2D eigenvalue weighted by molar-refractivity contribution is 7.89. The van der Waals surface area contributed by atoms with Crippen molar-refractivity contribution in [3.8, 4) is 0 Å². The van der Waals surface area contributed by atoms with Crippen LogP contribution in [0.1, 0.15) is 28.8 Å². The fraction of sp³-hybridized carbons (Fsp3) is 0.381. The highest BCUT2D eigenvalue weighted by Crippen LogP contribution is 2.31. The second-order valence-corrected chi connectivity index (χ2v) is 9.14. The molecule has 2 aromatic carbocycles. The first-order chi connectivity index (χ1) is 14.4. The molecule has 0 saturated carbocycles. The molecule has 0 radical (unpaired) electrons. The van der Waals surface area contributed by atoms with E-state index in [0.717, 1.165) is 12.1 Å². The molecule has 7 nitrogen and oxygen atoms in total. The predicted octanol–water partition coefficient (Wildman–Crippen LogP) is 2.28. The van der Waals surface area contributed by atoms with Crippen LogP contribution < -0.4 is 4.72 Å². The van der Waals surface area contributed by atoms with Gasteiger partial charge in [-0.25, -0.2) is 17.5 Å². The maximum Gasteiger partial charge on any atom is 0.253 e. The molecule has 2 aromatic rings. The molecule has 0 bridgehead atoms. The van der Waals surface area contributed by atoms with Gasteiger partial charge in [0.2, 0.25) is 10.0 Å². The summed E-state index contributed by atoms with van der Waals surface area (Å²) in [6.07, 6.45) is 1.31. The fourth-order valence-electron chi connectivity index (χ4n) is 3.66. The van der Waals surface area contributed by atoms with Gasteiger partial charge in [-0.05, 0) is 42.0 Å². The molecule has 30 heavy (non-hydrogen) atoms. The molecular weight excluding hydrogens is 411 g/mol. The van der Waals surface area contributed by atoms with Crippen LogP contribution in [0.3, 0.4) is 0 Å². The van der Waals surface area contributed by atoms with Crippen molar-refractivity contribution in [2.45, 2.75) is 30.1 Å². The Morgan fingerprint density at radius 1 is 1.00 bits per heavy atom. The number of hydrogen-bond acceptors (Lipinski definition) is 5. The summed E-state index contributed by atoms with van der Waals surface area (Å²) in [6, 6.07) is 11.4. The third-order valence-electron chi connectivity index (χ3n) is 5.42. The van der Waals surface area contributed by atoms with Gasteiger partial charge in [-0.15, -0.1) is 0 Å². The van der Waals surface area contributed by atoms with Crippen LogP contribution in [0.5, 0.6) is 0 Å². The van der Waals surface area contributed by atoms with Gasteiger partial charge in [-0.2, -0.15) is 0 Å². The van der Waals surface area contributed by atoms with Crippen molar-refractivity contribution in [3.63, 3.8) is 0 Å². The molecule has 1 N–H and O–H groups in total. The predicted molar refractivity (Wildman–Crippen MR) is 107 cm³/mol. The Bertz CT molecular complexity index is 993. The minimum absolute atomic E-state index is 0.00575. The Morgan fingerprint density at radius 2 is 1.60 bits per heavy atom. The normalized spacial score (nSPS) is 18.6. The third kappa shape index (κ3) is 4.54. The molecule has 2 aliphatic heterocycles. The van der Waals surface area contributed by atoms with Gasteiger partial charge in [0.1, 0.15) is 5.82 Å². The van der Waals surface area contributed by atoms with Crippen LogP contribution in [0.4, 0.5) is 4.39 Å². The van der Waals surface area contributed by atoms with Gasteiger partial charge >= 0.3 is 0 Å². The largest absolute Gasteiger partial charge is 0.347 e. The monoisotopic (exact) mass is 434 g/mol. The van der Waals surface area contributed by atoms with E-state index < -0.39 is 21.6 Å². The van der Waals surface area contributed by atoms with Gasteiger partial charge < -0.3 is 14.4 Å². The zero-order chi connectivity index (χ0) is 21.2. The molecule has 0 aliphatic carbocycles. The molecule has 4 rings (SSSR count). The van der Waals surface area contributed by atoms with E-state index in [1.165, 1.54) is 12.1 Å². The molecule has 0 atom stereocenters. The number of nitrogens with one attached hydrogen (secondary N) is 1. The Morgan fingerprint density at radius 3 is 2.20 bits per heavy atom. The molecule has 0 unspecified atom stereocenters. The number of likely N-dealkylation sites (tertiary alicyclic amines) is 1. The summed E-state index contributed by atoms with van der Waals surface area (Å²) >= 11 is 0. The van der Waals surface area contributed by atoms with Crippen molar-refractivity contribution in [2.75, 3.05) is 26.3 Å². The van der Waals surface area contributed by atoms with Crippen molar-refractivity contribution in [1.29, 1.82) is 0 Å². The van der Waals surface area contributed by atoms with Gasteiger partial charge in [0.15, 0.2) is 5.79 Å². The summed E-state index contributed by atoms with van der Waals surface area (Å²) in [4.78, 5) is 14.5. The number of ether oxygens (including phenoxy) is 2. The number of carbonyl (C=O) groups is 1. The van der Waals surface area contributed by atoms with E-state index in [4.69, 9.17) is 9.47 Å². The smallest absolute Gasteiger partial charge is 0.253 e. The van der Waals surface area contributed by atoms with Crippen molar-refractivity contribution < 1.29 is 27.1 Å². The minimum Gasteiger partial charge on any atom is -0.347 e. The average molecular weight is 434 g/mol. The number of nitrogens with zero attached hydrogens (tertiary/aromatic N) is 1. The summed E-state index contributed by atoms with van der Waals surface area (Å²) in [6.45, 7) is 2.39. The van der Waals surface area contributed by atoms with Crippen molar-refractivity contribution >= 4 is 15.9 Å². The van der Waals surface area contributed by atoms with Crippen LogP contribution in [-0.4, -0.2) is 51.3 Å². The van der Waals surface area contributed by atoms with E-state index in [9.17, 15) is 17.6 Å². The maximum absolute atomic E-state index is 13.0. The number of carbonyl (C=O) groups excluding carboxylic acids is 1. The molecule has 2 fully saturated rings. The summed E-state index contributed by atoms with van der Waals surface area (Å²) in [7, 11) is -3.75. The zero-order valence-electron chi connectivity index (χ0n) is 16.3. The lowest BCUT2D eigenvalue weighted by Gasteiger charge is -2.37. The molecule has 2 saturated heterocycles. The highest BCUT2D eigenvalue weighted by Gasteiger charge is 2.40. The molecule has 0 aromatic heterocycles. The third-order valence-corrected chi connectivity index (χ3v) is 6.83. The minimum atomic E-state index is -3.75. The number of amides is 1. The van der Waals surface area contributed by atoms with Gasteiger partial charge in [-0.1, -0.05) is 12.1 Å². The van der Waals surface area contributed by atoms with E-state index in [1.54, 1.807) is 29.2 Å². The van der Waals surface area contributed by atoms with Crippen molar-refractivity contribution in [3.05, 3.63) is 65.5 Å². The summed E-state index contributed by atoms with van der Waals surface area (Å²) in [5.74, 6) is -1.09. The standard InChI is InChI=1S/C21H23FN2O5S/c22-18-5-7-19(8-6-18)30(26,27)23-15-16-1-3-17(4-2-16)20(25)24-11-9-21(10-12-24)28-13-14-29-21/h1-8,23H,9-15H2. The van der Waals surface area contributed by atoms with E-state index in [-0.39, 0.29) is 17.3 Å². The average Bonchev–Trinajstić information content (AvgIpc) is 3.21. The van der Waals surface area contributed by atoms with Crippen molar-refractivity contribution in [2.24, 2.45) is 0 Å². The van der Waals surface area contributed by atoms with Crippen LogP contribution in [0.25, 0.3) is 0 Å². The highest BCUT2D eigenvalue weighted by atomic mass is 32.2. The molecule has 2 aliphatic rings. The first-order valence-corrected chi connectivity index (χ1v) is 11.3. The number of piperidine rings is 1. The maximum atomic E-state index is 13.0. The van der Waals surface area contributed by atoms with Gasteiger partial charge in [0.05, 0.1) is 18.1 Å². The molecule has 1 spiro atoms. The lowest BCUT2D eigenvalue weighted by molar-refractivity contribution is -0.181. The Labute approximate surface area is 174 Å². The van der Waals surface area contributed by atoms with Crippen LogP contribution in [-0.2, 0) is 26.0 Å². The summed E-state index contributed by atoms with van der Waals surface area (Å²) in [5, 5.41) is 0. The molecular formula is C21H23FN2O5S. The number of rotatable bonds is 5. The van der Waals surface area contributed by atoms with E-state index in [2.05, 4.69) is 4.72 Å². The molecule has 1 amide bonds. The zero-order valence-corrected chi connectivity index (χ0v) is 17.2. The SMILES string of the molecule is O=C(c1ccc(CNS(=O)(=O)c2ccc(F)cc2)cc1)N1CCC2(CC1)OCCO2. The molecule has 2 heterocycles. The molecule has 160 valence electrons. The van der Waals surface area contributed by atoms with Gasteiger partial charge in [0, 0.05) is 38.0 Å². The second kappa shape index (κ2) is 8.43. The topological polar surface area (TPSA) is 84.9 Å². The Balaban J connectivity index is 1.33. The van der Waals surface area contributed by atoms with E-state index >= 15 is 0 Å². The van der Waals surface area contributed by atoms with Crippen molar-refractivity contribution in [1.82, 2.24) is 9.62 Å². The van der Waals surface area contributed by atoms with E-state index in [0.29, 0.717) is 50.3 Å². The lowest BCUT2D eigenvalue weighted by Crippen LogP contribution is -2.47. The number of halogens is 1. The summed E-state index contributed by atoms with van der Waals surface area (Å²) < 4.78 is 51.4. The van der Waals surface area contributed by atoms with Crippen LogP contribution in [0, 0.1) is 5.82 Å². The molecule has 9 heteroatoms. The first-order valence-electron chi connectivity index (χ1n) is 9.78. The van der Waals surface area contributed by atoms with E-state index in [1.807, 2.05) is 0 Å². The number of hydrogen-bond donors (Lipinski definition) is 1. The fourth-order valence-corrected chi connectivity index (χ4v) is 4.68. The number of sulfonamides is 1. The number of benzene rings is 2. The quantitative estimate of drug-likeness (QED) is 0.781. The lowest BCUT2D eigenvalue weighted by atomic mass is 10.0. The van der Waals surface area contributed by atoms with Crippen LogP contribution in [0.2, 0.25) is 0 Å². The second-order valence-electron chi connectivity index (χ2n) is 7.38. The Hall–Kier alpha value is -2.33. The summed E-state index contributed by atoms with van der Waals surface area (Å²) in [5.41, 5.74) is 1.26.